The smallest absolute Gasteiger partial charge is 0.171 e. The van der Waals surface area contributed by atoms with Gasteiger partial charge in [-0.2, -0.15) is 10.4 Å². The summed E-state index contributed by atoms with van der Waals surface area (Å²) in [6.07, 6.45) is 3.35. The minimum Gasteiger partial charge on any atom is -0.234 e. The highest BCUT2D eigenvalue weighted by atomic mass is 15.2. The van der Waals surface area contributed by atoms with Crippen molar-refractivity contribution >= 4 is 5.65 Å². The summed E-state index contributed by atoms with van der Waals surface area (Å²) in [6, 6.07) is 3.80. The first-order chi connectivity index (χ1) is 5.81. The highest BCUT2D eigenvalue weighted by molar-refractivity contribution is 5.54. The molecule has 2 rings (SSSR count). The fourth-order valence-corrected chi connectivity index (χ4v) is 1.12. The molecule has 2 aromatic heterocycles. The zero-order chi connectivity index (χ0) is 8.55. The van der Waals surface area contributed by atoms with Crippen molar-refractivity contribution in [2.75, 3.05) is 0 Å². The Labute approximate surface area is 69.1 Å². The van der Waals surface area contributed by atoms with Gasteiger partial charge in [-0.1, -0.05) is 0 Å². The van der Waals surface area contributed by atoms with Gasteiger partial charge in [0.15, 0.2) is 5.65 Å². The molecule has 0 aliphatic carbocycles. The van der Waals surface area contributed by atoms with Gasteiger partial charge in [-0.05, 0) is 13.0 Å². The highest BCUT2D eigenvalue weighted by Gasteiger charge is 2.02. The molecule has 0 aromatic carbocycles. The van der Waals surface area contributed by atoms with Gasteiger partial charge in [0.1, 0.15) is 6.07 Å². The molecule has 0 saturated heterocycles. The van der Waals surface area contributed by atoms with E-state index in [-0.39, 0.29) is 0 Å². The molecule has 0 aliphatic rings. The molecular weight excluding hydrogens is 152 g/mol. The van der Waals surface area contributed by atoms with Gasteiger partial charge in [0.2, 0.25) is 0 Å². The first-order valence-corrected chi connectivity index (χ1v) is 3.52. The lowest BCUT2D eigenvalue weighted by molar-refractivity contribution is 0.898. The number of rotatable bonds is 0. The summed E-state index contributed by atoms with van der Waals surface area (Å²) in [7, 11) is 0. The number of aryl methyl sites for hydroxylation is 1. The van der Waals surface area contributed by atoms with Crippen molar-refractivity contribution < 1.29 is 0 Å². The van der Waals surface area contributed by atoms with Gasteiger partial charge in [0.05, 0.1) is 11.3 Å². The van der Waals surface area contributed by atoms with Gasteiger partial charge >= 0.3 is 0 Å². The van der Waals surface area contributed by atoms with Crippen LogP contribution in [-0.4, -0.2) is 14.6 Å². The Morgan fingerprint density at radius 2 is 2.42 bits per heavy atom. The zero-order valence-electron chi connectivity index (χ0n) is 6.52. The van der Waals surface area contributed by atoms with E-state index in [0.717, 1.165) is 5.69 Å². The Balaban J connectivity index is 2.91. The second-order valence-electron chi connectivity index (χ2n) is 2.51. The minimum atomic E-state index is 0.563. The lowest BCUT2D eigenvalue weighted by Gasteiger charge is -1.95. The lowest BCUT2D eigenvalue weighted by Crippen LogP contribution is -1.95. The van der Waals surface area contributed by atoms with Crippen molar-refractivity contribution in [2.24, 2.45) is 0 Å². The SMILES string of the molecule is Cc1cc(C#N)c2nccn2n1. The van der Waals surface area contributed by atoms with Crippen molar-refractivity contribution in [3.05, 3.63) is 29.7 Å². The summed E-state index contributed by atoms with van der Waals surface area (Å²) in [5, 5.41) is 12.9. The number of nitrogens with zero attached hydrogens (tertiary/aromatic N) is 4. The highest BCUT2D eigenvalue weighted by Crippen LogP contribution is 2.06. The maximum absolute atomic E-state index is 8.75. The fourth-order valence-electron chi connectivity index (χ4n) is 1.12. The summed E-state index contributed by atoms with van der Waals surface area (Å²) >= 11 is 0. The van der Waals surface area contributed by atoms with Gasteiger partial charge in [-0.3, -0.25) is 0 Å². The van der Waals surface area contributed by atoms with Gasteiger partial charge in [-0.15, -0.1) is 0 Å². The Bertz CT molecular complexity index is 463. The molecule has 12 heavy (non-hydrogen) atoms. The van der Waals surface area contributed by atoms with E-state index in [4.69, 9.17) is 5.26 Å². The molecular formula is C8H6N4. The zero-order valence-corrected chi connectivity index (χ0v) is 6.52. The molecule has 0 saturated carbocycles. The van der Waals surface area contributed by atoms with Crippen molar-refractivity contribution in [2.45, 2.75) is 6.92 Å². The molecule has 4 nitrogen and oxygen atoms in total. The largest absolute Gasteiger partial charge is 0.234 e. The van der Waals surface area contributed by atoms with E-state index >= 15 is 0 Å². The normalized spacial score (nSPS) is 10.0. The summed E-state index contributed by atoms with van der Waals surface area (Å²) < 4.78 is 1.61. The van der Waals surface area contributed by atoms with Gasteiger partial charge in [-0.25, -0.2) is 9.50 Å². The minimum absolute atomic E-state index is 0.563. The summed E-state index contributed by atoms with van der Waals surface area (Å²) in [5.74, 6) is 0. The average molecular weight is 158 g/mol. The molecule has 0 spiro atoms. The van der Waals surface area contributed by atoms with Crippen LogP contribution in [0.1, 0.15) is 11.3 Å². The molecule has 0 amide bonds. The van der Waals surface area contributed by atoms with E-state index in [1.807, 2.05) is 6.92 Å². The molecule has 0 aliphatic heterocycles. The average Bonchev–Trinajstić information content (AvgIpc) is 2.50. The summed E-state index contributed by atoms with van der Waals surface area (Å²) in [6.45, 7) is 1.85. The summed E-state index contributed by atoms with van der Waals surface area (Å²) in [5.41, 5.74) is 1.99. The Hall–Kier alpha value is -1.89. The van der Waals surface area contributed by atoms with Crippen LogP contribution in [0.15, 0.2) is 18.5 Å². The monoisotopic (exact) mass is 158 g/mol. The second-order valence-corrected chi connectivity index (χ2v) is 2.51. The van der Waals surface area contributed by atoms with Crippen LogP contribution in [0.5, 0.6) is 0 Å². The van der Waals surface area contributed by atoms with Crippen LogP contribution in [0.3, 0.4) is 0 Å². The predicted molar refractivity (Wildman–Crippen MR) is 42.4 cm³/mol. The van der Waals surface area contributed by atoms with E-state index in [1.54, 1.807) is 23.0 Å². The van der Waals surface area contributed by atoms with Crippen molar-refractivity contribution in [3.63, 3.8) is 0 Å². The standard InChI is InChI=1S/C8H6N4/c1-6-4-7(5-9)8-10-2-3-12(8)11-6/h2-4H,1H3. The number of hydrogen-bond donors (Lipinski definition) is 0. The Morgan fingerprint density at radius 3 is 3.17 bits per heavy atom. The molecule has 0 radical (unpaired) electrons. The maximum Gasteiger partial charge on any atom is 0.171 e. The number of hydrogen-bond acceptors (Lipinski definition) is 3. The molecule has 0 atom stereocenters. The number of imidazole rings is 1. The van der Waals surface area contributed by atoms with Crippen LogP contribution >= 0.6 is 0 Å². The van der Waals surface area contributed by atoms with E-state index in [9.17, 15) is 0 Å². The molecule has 0 unspecified atom stereocenters. The first-order valence-electron chi connectivity index (χ1n) is 3.52. The quantitative estimate of drug-likeness (QED) is 0.572. The van der Waals surface area contributed by atoms with E-state index in [2.05, 4.69) is 16.2 Å². The van der Waals surface area contributed by atoms with Crippen LogP contribution in [0.25, 0.3) is 5.65 Å². The molecule has 0 N–H and O–H groups in total. The Kier molecular flexibility index (Phi) is 1.31. The Morgan fingerprint density at radius 1 is 1.58 bits per heavy atom. The third kappa shape index (κ3) is 0.839. The number of nitriles is 1. The van der Waals surface area contributed by atoms with Crippen LogP contribution in [0.2, 0.25) is 0 Å². The third-order valence-corrected chi connectivity index (χ3v) is 1.60. The van der Waals surface area contributed by atoms with Gasteiger partial charge in [0, 0.05) is 12.4 Å². The van der Waals surface area contributed by atoms with Crippen molar-refractivity contribution in [1.82, 2.24) is 14.6 Å². The van der Waals surface area contributed by atoms with Crippen molar-refractivity contribution in [3.8, 4) is 6.07 Å². The fraction of sp³-hybridized carbons (Fsp3) is 0.125. The maximum atomic E-state index is 8.75. The molecule has 2 aromatic rings. The topological polar surface area (TPSA) is 54.0 Å². The first kappa shape index (κ1) is 6.80. The van der Waals surface area contributed by atoms with E-state index < -0.39 is 0 Å². The van der Waals surface area contributed by atoms with Crippen LogP contribution in [0, 0.1) is 18.3 Å². The van der Waals surface area contributed by atoms with Crippen molar-refractivity contribution in [1.29, 1.82) is 5.26 Å². The van der Waals surface area contributed by atoms with Gasteiger partial charge in [0.25, 0.3) is 0 Å². The lowest BCUT2D eigenvalue weighted by atomic mass is 10.3. The number of aromatic nitrogens is 3. The van der Waals surface area contributed by atoms with Crippen LogP contribution in [-0.2, 0) is 0 Å². The van der Waals surface area contributed by atoms with Gasteiger partial charge < -0.3 is 0 Å². The molecule has 4 heteroatoms. The third-order valence-electron chi connectivity index (χ3n) is 1.60. The molecule has 0 fully saturated rings. The van der Waals surface area contributed by atoms with E-state index in [1.165, 1.54) is 0 Å². The molecule has 58 valence electrons. The predicted octanol–water partition coefficient (Wildman–Crippen LogP) is 0.909. The summed E-state index contributed by atoms with van der Waals surface area (Å²) in [4.78, 5) is 4.01. The molecule has 0 bridgehead atoms. The number of fused-ring (bicyclic) bond motifs is 1. The van der Waals surface area contributed by atoms with E-state index in [0.29, 0.717) is 11.2 Å². The van der Waals surface area contributed by atoms with Crippen LogP contribution in [0.4, 0.5) is 0 Å². The second kappa shape index (κ2) is 2.31. The molecule has 2 heterocycles. The van der Waals surface area contributed by atoms with Crippen LogP contribution < -0.4 is 0 Å².